The van der Waals surface area contributed by atoms with E-state index in [1.54, 1.807) is 38.1 Å². The lowest BCUT2D eigenvalue weighted by atomic mass is 10.0. The van der Waals surface area contributed by atoms with Gasteiger partial charge >= 0.3 is 12.2 Å². The van der Waals surface area contributed by atoms with E-state index in [9.17, 15) is 34.1 Å². The maximum Gasteiger partial charge on any atom is 0.514 e. The number of carbonyl (C=O) groups is 5. The van der Waals surface area contributed by atoms with Crippen molar-refractivity contribution < 1.29 is 38.4 Å². The summed E-state index contributed by atoms with van der Waals surface area (Å²) in [6, 6.07) is 8.59. The van der Waals surface area contributed by atoms with Crippen LogP contribution in [-0.2, 0) is 25.7 Å². The summed E-state index contributed by atoms with van der Waals surface area (Å²) < 4.78 is 10.1. The summed E-state index contributed by atoms with van der Waals surface area (Å²) in [5.74, 6) is -1.60. The monoisotopic (exact) mass is 697 g/mol. The number of primary amides is 1. The second-order valence-electron chi connectivity index (χ2n) is 11.5. The van der Waals surface area contributed by atoms with E-state index in [4.69, 9.17) is 20.7 Å². The van der Waals surface area contributed by atoms with Crippen LogP contribution in [-0.4, -0.2) is 60.0 Å². The maximum atomic E-state index is 13.3. The van der Waals surface area contributed by atoms with Crippen LogP contribution in [0.5, 0.6) is 5.75 Å². The van der Waals surface area contributed by atoms with E-state index in [0.29, 0.717) is 30.6 Å². The van der Waals surface area contributed by atoms with E-state index in [1.807, 2.05) is 0 Å². The quantitative estimate of drug-likeness (QED) is 0.0178. The number of hydrogen-bond donors (Lipinski definition) is 5. The van der Waals surface area contributed by atoms with Gasteiger partial charge in [-0.1, -0.05) is 43.9 Å². The van der Waals surface area contributed by atoms with Crippen LogP contribution in [0.1, 0.15) is 64.4 Å². The first-order valence-electron chi connectivity index (χ1n) is 16.0. The Morgan fingerprint density at radius 1 is 0.940 bits per heavy atom. The second-order valence-corrected chi connectivity index (χ2v) is 11.5. The van der Waals surface area contributed by atoms with Gasteiger partial charge in [0.15, 0.2) is 0 Å². The zero-order chi connectivity index (χ0) is 36.9. The van der Waals surface area contributed by atoms with E-state index in [-0.39, 0.29) is 49.3 Å². The highest BCUT2D eigenvalue weighted by Crippen LogP contribution is 2.18. The molecule has 18 heteroatoms. The minimum atomic E-state index is -1.02. The standard InChI is InChI=1S/C32H43N9O9/c1-21(2)28(39-27(42)9-5-3-4-6-19-36-40-34)30(44)38-26(8-7-18-35-31(33)45)29(43)37-23-12-10-22(11-13-23)20-49-32(46)50-25-16-14-24(15-17-25)41(47)48/h10-17,21,26,28H,3-9,18-20H2,1-2H3,(H,37,43)(H,38,44)(H,39,42)(H3,33,35,45)/t26-,28-/m0/s1. The first kappa shape index (κ1) is 40.3. The number of rotatable bonds is 21. The molecule has 0 aliphatic heterocycles. The minimum absolute atomic E-state index is 0.0690. The Kier molecular flexibility index (Phi) is 17.6. The first-order chi connectivity index (χ1) is 23.9. The highest BCUT2D eigenvalue weighted by molar-refractivity contribution is 5.98. The molecule has 50 heavy (non-hydrogen) atoms. The molecule has 2 aromatic carbocycles. The van der Waals surface area contributed by atoms with Gasteiger partial charge in [-0.05, 0) is 67.0 Å². The molecular formula is C32H43N9O9. The fraction of sp³-hybridized carbons (Fsp3) is 0.469. The summed E-state index contributed by atoms with van der Waals surface area (Å²) >= 11 is 0. The van der Waals surface area contributed by atoms with Crippen LogP contribution in [0.15, 0.2) is 53.6 Å². The number of nitrogens with two attached hydrogens (primary N) is 1. The van der Waals surface area contributed by atoms with Gasteiger partial charge in [0.1, 0.15) is 24.4 Å². The number of nitrogens with zero attached hydrogens (tertiary/aromatic N) is 4. The van der Waals surface area contributed by atoms with Crippen LogP contribution >= 0.6 is 0 Å². The second kappa shape index (κ2) is 21.9. The number of nitro groups is 1. The van der Waals surface area contributed by atoms with Gasteiger partial charge in [-0.3, -0.25) is 24.5 Å². The van der Waals surface area contributed by atoms with Crippen molar-refractivity contribution >= 4 is 41.3 Å². The van der Waals surface area contributed by atoms with Gasteiger partial charge in [0.25, 0.3) is 5.69 Å². The zero-order valence-electron chi connectivity index (χ0n) is 28.0. The number of hydrogen-bond acceptors (Lipinski definition) is 10. The van der Waals surface area contributed by atoms with Gasteiger partial charge in [-0.2, -0.15) is 0 Å². The van der Waals surface area contributed by atoms with Gasteiger partial charge in [0.05, 0.1) is 4.92 Å². The van der Waals surface area contributed by atoms with Gasteiger partial charge in [0, 0.05) is 42.2 Å². The van der Waals surface area contributed by atoms with Crippen LogP contribution in [0.4, 0.5) is 21.0 Å². The predicted molar refractivity (Wildman–Crippen MR) is 182 cm³/mol. The third-order valence-electron chi connectivity index (χ3n) is 7.17. The van der Waals surface area contributed by atoms with E-state index < -0.39 is 41.0 Å². The Labute approximate surface area is 288 Å². The molecule has 2 atom stereocenters. The third kappa shape index (κ3) is 15.8. The summed E-state index contributed by atoms with van der Waals surface area (Å²) in [7, 11) is 0. The fourth-order valence-electron chi connectivity index (χ4n) is 4.51. The summed E-state index contributed by atoms with van der Waals surface area (Å²) in [6.45, 7) is 3.95. The molecule has 0 saturated heterocycles. The van der Waals surface area contributed by atoms with Crippen molar-refractivity contribution in [2.75, 3.05) is 18.4 Å². The molecule has 18 nitrogen and oxygen atoms in total. The molecule has 2 aromatic rings. The molecule has 2 rings (SSSR count). The number of non-ortho nitro benzene ring substituents is 1. The zero-order valence-corrected chi connectivity index (χ0v) is 28.0. The molecule has 6 N–H and O–H groups in total. The molecule has 0 saturated carbocycles. The largest absolute Gasteiger partial charge is 0.514 e. The van der Waals surface area contributed by atoms with Crippen molar-refractivity contribution in [2.45, 2.75) is 77.5 Å². The van der Waals surface area contributed by atoms with Crippen LogP contribution in [0.3, 0.4) is 0 Å². The van der Waals surface area contributed by atoms with E-state index >= 15 is 0 Å². The Bertz CT molecular complexity index is 1500. The smallest absolute Gasteiger partial charge is 0.429 e. The van der Waals surface area contributed by atoms with E-state index in [2.05, 4.69) is 31.3 Å². The summed E-state index contributed by atoms with van der Waals surface area (Å²) in [6.07, 6.45) is 2.55. The normalized spacial score (nSPS) is 11.7. The Hall–Kier alpha value is -5.90. The molecular weight excluding hydrogens is 654 g/mol. The van der Waals surface area contributed by atoms with Gasteiger partial charge in [0.2, 0.25) is 17.7 Å². The molecule has 0 spiro atoms. The van der Waals surface area contributed by atoms with E-state index in [1.165, 1.54) is 24.3 Å². The highest BCUT2D eigenvalue weighted by Gasteiger charge is 2.28. The number of unbranched alkanes of at least 4 members (excludes halogenated alkanes) is 3. The van der Waals surface area contributed by atoms with Gasteiger partial charge in [-0.15, -0.1) is 0 Å². The van der Waals surface area contributed by atoms with Crippen molar-refractivity contribution in [2.24, 2.45) is 16.8 Å². The summed E-state index contributed by atoms with van der Waals surface area (Å²) in [5, 5.41) is 24.9. The Morgan fingerprint density at radius 2 is 1.62 bits per heavy atom. The molecule has 0 fully saturated rings. The van der Waals surface area contributed by atoms with Crippen LogP contribution in [0.2, 0.25) is 0 Å². The van der Waals surface area contributed by atoms with Crippen molar-refractivity contribution in [3.8, 4) is 5.75 Å². The predicted octanol–water partition coefficient (Wildman–Crippen LogP) is 4.58. The number of benzene rings is 2. The number of azide groups is 1. The number of urea groups is 1. The van der Waals surface area contributed by atoms with Crippen molar-refractivity contribution in [1.29, 1.82) is 0 Å². The molecule has 0 unspecified atom stereocenters. The van der Waals surface area contributed by atoms with Crippen LogP contribution < -0.4 is 31.7 Å². The lowest BCUT2D eigenvalue weighted by Gasteiger charge is -2.25. The first-order valence-corrected chi connectivity index (χ1v) is 16.0. The van der Waals surface area contributed by atoms with Crippen molar-refractivity contribution in [3.05, 3.63) is 74.7 Å². The number of nitrogens with one attached hydrogen (secondary N) is 4. The number of amides is 5. The van der Waals surface area contributed by atoms with Gasteiger partial charge < -0.3 is 36.5 Å². The average Bonchev–Trinajstić information content (AvgIpc) is 3.07. The molecule has 270 valence electrons. The topological polar surface area (TPSA) is 270 Å². The molecule has 0 bridgehead atoms. The van der Waals surface area contributed by atoms with Gasteiger partial charge in [-0.25, -0.2) is 9.59 Å². The molecule has 0 heterocycles. The summed E-state index contributed by atoms with van der Waals surface area (Å²) in [4.78, 5) is 75.3. The molecule has 0 radical (unpaired) electrons. The number of nitro benzene ring substituents is 1. The molecule has 5 amide bonds. The maximum absolute atomic E-state index is 13.3. The average molecular weight is 698 g/mol. The Morgan fingerprint density at radius 3 is 2.24 bits per heavy atom. The van der Waals surface area contributed by atoms with E-state index in [0.717, 1.165) is 19.3 Å². The number of ether oxygens (including phenoxy) is 2. The third-order valence-corrected chi connectivity index (χ3v) is 7.17. The van der Waals surface area contributed by atoms with Crippen LogP contribution in [0, 0.1) is 16.0 Å². The lowest BCUT2D eigenvalue weighted by Crippen LogP contribution is -2.54. The fourth-order valence-corrected chi connectivity index (χ4v) is 4.51. The van der Waals surface area contributed by atoms with Crippen molar-refractivity contribution in [1.82, 2.24) is 16.0 Å². The number of carbonyl (C=O) groups excluding carboxylic acids is 5. The summed E-state index contributed by atoms with van der Waals surface area (Å²) in [5.41, 5.74) is 14.3. The minimum Gasteiger partial charge on any atom is -0.429 e. The highest BCUT2D eigenvalue weighted by atomic mass is 16.7. The Balaban J connectivity index is 1.96. The lowest BCUT2D eigenvalue weighted by molar-refractivity contribution is -0.384. The molecule has 0 aromatic heterocycles. The molecule has 0 aliphatic carbocycles. The molecule has 0 aliphatic rings. The number of anilines is 1. The van der Waals surface area contributed by atoms with Crippen LogP contribution in [0.25, 0.3) is 10.4 Å². The van der Waals surface area contributed by atoms with Crippen molar-refractivity contribution in [3.63, 3.8) is 0 Å². The SMILES string of the molecule is CC(C)[C@H](NC(=O)CCCCCCN=[N+]=[N-])C(=O)N[C@@H](CCCNC(N)=O)C(=O)Nc1ccc(COC(=O)Oc2ccc([N+](=O)[O-])cc2)cc1.